The molecule has 1 aromatic rings. The lowest BCUT2D eigenvalue weighted by Gasteiger charge is -2.68. The summed E-state index contributed by atoms with van der Waals surface area (Å²) in [5.41, 5.74) is 5.06. The number of hydrogen-bond acceptors (Lipinski definition) is 4. The van der Waals surface area contributed by atoms with Gasteiger partial charge < -0.3 is 10.2 Å². The third-order valence-electron chi connectivity index (χ3n) is 14.5. The van der Waals surface area contributed by atoms with Gasteiger partial charge in [-0.2, -0.15) is 11.8 Å². The van der Waals surface area contributed by atoms with E-state index in [4.69, 9.17) is 0 Å². The Kier molecular flexibility index (Phi) is 9.89. The summed E-state index contributed by atoms with van der Waals surface area (Å²) in [5, 5.41) is 4.28. The molecule has 0 spiro atoms. The van der Waals surface area contributed by atoms with Gasteiger partial charge in [0.2, 0.25) is 0 Å². The minimum absolute atomic E-state index is 0.151. The fraction of sp³-hybridized carbons (Fsp3) is 0.732. The number of carbonyl (C=O) groups excluding carboxylic acids is 1. The summed E-state index contributed by atoms with van der Waals surface area (Å²) in [5.74, 6) is 6.93. The van der Waals surface area contributed by atoms with E-state index in [0.29, 0.717) is 16.4 Å². The van der Waals surface area contributed by atoms with Crippen LogP contribution in [0.1, 0.15) is 115 Å². The quantitative estimate of drug-likeness (QED) is 0.251. The fourth-order valence-corrected chi connectivity index (χ4v) is 13.6. The van der Waals surface area contributed by atoms with Crippen molar-refractivity contribution in [1.82, 2.24) is 10.2 Å². The number of allylic oxidation sites excluding steroid dienone is 3. The summed E-state index contributed by atoms with van der Waals surface area (Å²) < 4.78 is 0. The van der Waals surface area contributed by atoms with Gasteiger partial charge in [-0.05, 0) is 122 Å². The molecule has 0 aromatic heterocycles. The molecule has 7 rings (SSSR count). The summed E-state index contributed by atoms with van der Waals surface area (Å²) in [7, 11) is 0. The van der Waals surface area contributed by atoms with E-state index in [1.165, 1.54) is 113 Å². The van der Waals surface area contributed by atoms with Gasteiger partial charge in [0.1, 0.15) is 6.29 Å². The summed E-state index contributed by atoms with van der Waals surface area (Å²) >= 11 is 2.13. The average molecular weight is 631 g/mol. The Labute approximate surface area is 279 Å². The molecule has 1 aromatic carbocycles. The highest BCUT2D eigenvalue weighted by Gasteiger charge is 2.65. The molecule has 45 heavy (non-hydrogen) atoms. The first-order valence-corrected chi connectivity index (χ1v) is 19.7. The zero-order valence-electron chi connectivity index (χ0n) is 29.2. The van der Waals surface area contributed by atoms with Gasteiger partial charge in [0.05, 0.1) is 0 Å². The number of hydrogen-bond donors (Lipinski definition) is 1. The van der Waals surface area contributed by atoms with Crippen LogP contribution in [0.15, 0.2) is 43.0 Å². The molecular formula is C41H62N2OS. The number of aldehydes is 1. The van der Waals surface area contributed by atoms with E-state index < -0.39 is 0 Å². The minimum Gasteiger partial charge on any atom is -0.310 e. The molecule has 4 heteroatoms. The Morgan fingerprint density at radius 1 is 0.911 bits per heavy atom. The van der Waals surface area contributed by atoms with Crippen LogP contribution in [0.5, 0.6) is 0 Å². The number of thioether (sulfide) groups is 1. The highest BCUT2D eigenvalue weighted by molar-refractivity contribution is 7.99. The second-order valence-electron chi connectivity index (χ2n) is 16.8. The molecule has 1 saturated heterocycles. The molecule has 5 fully saturated rings. The Hall–Kier alpha value is -1.36. The van der Waals surface area contributed by atoms with Crippen LogP contribution in [0.25, 0.3) is 5.57 Å². The van der Waals surface area contributed by atoms with Crippen LogP contribution >= 0.6 is 11.8 Å². The lowest BCUT2D eigenvalue weighted by Crippen LogP contribution is -2.63. The van der Waals surface area contributed by atoms with Gasteiger partial charge in [0.25, 0.3) is 0 Å². The predicted octanol–water partition coefficient (Wildman–Crippen LogP) is 9.54. The van der Waals surface area contributed by atoms with E-state index in [1.54, 1.807) is 6.08 Å². The van der Waals surface area contributed by atoms with Gasteiger partial charge in [-0.15, -0.1) is 6.58 Å². The molecule has 4 saturated carbocycles. The number of rotatable bonds is 6. The normalized spacial score (nSPS) is 40.4. The lowest BCUT2D eigenvalue weighted by molar-refractivity contribution is -0.172. The first-order valence-electron chi connectivity index (χ1n) is 18.5. The smallest absolute Gasteiger partial charge is 0.150 e. The maximum atomic E-state index is 11.3. The largest absolute Gasteiger partial charge is 0.310 e. The van der Waals surface area contributed by atoms with Crippen molar-refractivity contribution in [2.45, 2.75) is 104 Å². The number of benzene rings is 1. The molecule has 0 amide bonds. The van der Waals surface area contributed by atoms with E-state index in [2.05, 4.69) is 74.5 Å². The van der Waals surface area contributed by atoms with Crippen molar-refractivity contribution in [2.24, 2.45) is 45.8 Å². The van der Waals surface area contributed by atoms with Gasteiger partial charge in [-0.25, -0.2) is 0 Å². The fourth-order valence-electron chi connectivity index (χ4n) is 12.6. The molecule has 0 bridgehead atoms. The van der Waals surface area contributed by atoms with E-state index in [1.807, 2.05) is 19.1 Å². The topological polar surface area (TPSA) is 32.3 Å². The number of nitrogens with zero attached hydrogens (tertiary/aromatic N) is 1. The molecule has 1 N–H and O–H groups in total. The van der Waals surface area contributed by atoms with Crippen molar-refractivity contribution in [3.63, 3.8) is 0 Å². The second kappa shape index (κ2) is 13.3. The molecular weight excluding hydrogens is 569 g/mol. The first kappa shape index (κ1) is 33.5. The van der Waals surface area contributed by atoms with Crippen molar-refractivity contribution in [1.29, 1.82) is 0 Å². The Balaban J connectivity index is 0.00000115. The minimum atomic E-state index is 0.151. The van der Waals surface area contributed by atoms with Crippen LogP contribution in [-0.4, -0.2) is 54.4 Å². The van der Waals surface area contributed by atoms with E-state index in [9.17, 15) is 4.79 Å². The molecule has 8 atom stereocenters. The van der Waals surface area contributed by atoms with E-state index in [-0.39, 0.29) is 5.41 Å². The molecule has 1 aliphatic heterocycles. The summed E-state index contributed by atoms with van der Waals surface area (Å²) in [6.07, 6.45) is 19.5. The zero-order valence-corrected chi connectivity index (χ0v) is 30.0. The van der Waals surface area contributed by atoms with Crippen LogP contribution in [0.3, 0.4) is 0 Å². The third-order valence-corrected chi connectivity index (χ3v) is 15.4. The van der Waals surface area contributed by atoms with Crippen LogP contribution in [-0.2, 0) is 0 Å². The third kappa shape index (κ3) is 5.86. The lowest BCUT2D eigenvalue weighted by atomic mass is 9.37. The molecule has 248 valence electrons. The van der Waals surface area contributed by atoms with Crippen LogP contribution in [0.2, 0.25) is 0 Å². The van der Waals surface area contributed by atoms with Crippen molar-refractivity contribution < 1.29 is 4.79 Å². The maximum absolute atomic E-state index is 11.3. The Morgan fingerprint density at radius 3 is 2.36 bits per heavy atom. The molecule has 3 nitrogen and oxygen atoms in total. The summed E-state index contributed by atoms with van der Waals surface area (Å²) in [6.45, 7) is 20.8. The van der Waals surface area contributed by atoms with Crippen molar-refractivity contribution in [2.75, 3.05) is 37.7 Å². The van der Waals surface area contributed by atoms with Crippen molar-refractivity contribution in [3.8, 4) is 0 Å². The molecule has 1 heterocycles. The van der Waals surface area contributed by atoms with Gasteiger partial charge >= 0.3 is 0 Å². The molecule has 0 radical (unpaired) electrons. The molecule has 6 aliphatic rings. The predicted molar refractivity (Wildman–Crippen MR) is 194 cm³/mol. The van der Waals surface area contributed by atoms with E-state index in [0.717, 1.165) is 41.4 Å². The van der Waals surface area contributed by atoms with Gasteiger partial charge in [-0.3, -0.25) is 4.79 Å². The van der Waals surface area contributed by atoms with Gasteiger partial charge in [0, 0.05) is 48.8 Å². The summed E-state index contributed by atoms with van der Waals surface area (Å²) in [4.78, 5) is 14.0. The highest BCUT2D eigenvalue weighted by atomic mass is 32.2. The summed E-state index contributed by atoms with van der Waals surface area (Å²) in [6, 6.07) is 8.38. The zero-order chi connectivity index (χ0) is 31.9. The Morgan fingerprint density at radius 2 is 1.64 bits per heavy atom. The number of nitrogens with one attached hydrogen (secondary N) is 1. The average Bonchev–Trinajstić information content (AvgIpc) is 3.46. The standard InChI is InChI=1S/C38H56N2OS.C3H6/c1-35(2)30(28-9-7-27(26-41)8-10-28)13-17-37(4)33(35)15-18-36(3)31-14-19-38(39-20-21-40-22-24-42-25-23-40)16-5-6-32(38)29(31)11-12-34(36)37;1-3-2/h7-10,13,26,29,31-34,39H,5-6,11-12,14-25H2,1-4H3;3H,1H2,2H3. The monoisotopic (exact) mass is 630 g/mol. The molecule has 5 aliphatic carbocycles. The molecule has 8 unspecified atom stereocenters. The van der Waals surface area contributed by atoms with Crippen LogP contribution in [0.4, 0.5) is 0 Å². The number of carbonyl (C=O) groups is 1. The Bertz CT molecular complexity index is 1230. The van der Waals surface area contributed by atoms with E-state index >= 15 is 0 Å². The van der Waals surface area contributed by atoms with Crippen LogP contribution < -0.4 is 5.32 Å². The maximum Gasteiger partial charge on any atom is 0.150 e. The van der Waals surface area contributed by atoms with Crippen molar-refractivity contribution in [3.05, 3.63) is 54.1 Å². The first-order chi connectivity index (χ1) is 21.6. The van der Waals surface area contributed by atoms with Gasteiger partial charge in [-0.1, -0.05) is 70.5 Å². The number of fused-ring (bicyclic) bond motifs is 7. The van der Waals surface area contributed by atoms with Gasteiger partial charge in [0.15, 0.2) is 0 Å². The SMILES string of the molecule is C=CC.CC1(C)C(c2ccc(C=O)cc2)=CCC2(C)C1CCC1(C)C3CCC4(NCCN5CCSCC5)CCCC4C3CCC12. The van der Waals surface area contributed by atoms with Crippen molar-refractivity contribution >= 4 is 23.6 Å². The highest BCUT2D eigenvalue weighted by Crippen LogP contribution is 2.72. The van der Waals surface area contributed by atoms with Crippen LogP contribution in [0, 0.1) is 45.8 Å². The second-order valence-corrected chi connectivity index (χ2v) is 18.0.